The Kier molecular flexibility index (Phi) is 67.4. The molecule has 0 N–H and O–H groups in total. The molecule has 140 valence electrons. The summed E-state index contributed by atoms with van der Waals surface area (Å²) in [5.74, 6) is 0. The largest absolute Gasteiger partial charge is 0.307 e. The van der Waals surface area contributed by atoms with Crippen molar-refractivity contribution in [1.82, 2.24) is 0 Å². The van der Waals surface area contributed by atoms with E-state index in [1.165, 1.54) is 16.7 Å². The van der Waals surface area contributed by atoms with E-state index in [0.717, 1.165) is 6.42 Å². The number of hydrogen-bond acceptors (Lipinski definition) is 6. The predicted molar refractivity (Wildman–Crippen MR) is 91.9 cm³/mol. The molecule has 7 heteroatoms. The van der Waals surface area contributed by atoms with Gasteiger partial charge in [0.2, 0.25) is 0 Å². The van der Waals surface area contributed by atoms with Crippen LogP contribution in [-0.2, 0) is 49.8 Å². The van der Waals surface area contributed by atoms with Crippen LogP contribution in [0.15, 0.2) is 16.7 Å². The first-order valence-corrected chi connectivity index (χ1v) is 5.94. The van der Waals surface area contributed by atoms with Crippen molar-refractivity contribution in [2.24, 2.45) is 5.41 Å². The minimum Gasteiger partial charge on any atom is -0.307 e. The second kappa shape index (κ2) is 37.4. The second-order valence-electron chi connectivity index (χ2n) is 4.11. The number of rotatable bonds is 0. The van der Waals surface area contributed by atoms with Crippen LogP contribution in [0.4, 0.5) is 0 Å². The van der Waals surface area contributed by atoms with Gasteiger partial charge in [0.05, 0.1) is 0 Å². The van der Waals surface area contributed by atoms with Crippen molar-refractivity contribution in [1.29, 1.82) is 0 Å². The van der Waals surface area contributed by atoms with Crippen LogP contribution in [0.3, 0.4) is 0 Å². The molecule has 0 aliphatic heterocycles. The number of hydrogen-bond donors (Lipinski definition) is 0. The fourth-order valence-electron chi connectivity index (χ4n) is 1.41. The van der Waals surface area contributed by atoms with Gasteiger partial charge in [-0.15, -0.1) is 18.9 Å². The summed E-state index contributed by atoms with van der Waals surface area (Å²) < 4.78 is 0. The van der Waals surface area contributed by atoms with E-state index in [9.17, 15) is 0 Å². The van der Waals surface area contributed by atoms with Gasteiger partial charge in [-0.25, -0.2) is 5.57 Å². The Labute approximate surface area is 160 Å². The van der Waals surface area contributed by atoms with Gasteiger partial charge in [0.15, 0.2) is 0 Å². The molecule has 1 aliphatic rings. The Bertz CT molecular complexity index is 312. The van der Waals surface area contributed by atoms with Crippen LogP contribution in [0.2, 0.25) is 0 Å². The molecule has 0 saturated carbocycles. The van der Waals surface area contributed by atoms with Gasteiger partial charge >= 0.3 is 0 Å². The number of carbonyl (C=O) groups is 6. The third-order valence-corrected chi connectivity index (χ3v) is 2.94. The summed E-state index contributed by atoms with van der Waals surface area (Å²) in [7, 11) is 0. The van der Waals surface area contributed by atoms with E-state index in [0.29, 0.717) is 5.41 Å². The van der Waals surface area contributed by atoms with E-state index in [4.69, 9.17) is 28.8 Å². The van der Waals surface area contributed by atoms with Crippen molar-refractivity contribution in [3.63, 3.8) is 0 Å². The zero-order valence-electron chi connectivity index (χ0n) is 15.3. The quantitative estimate of drug-likeness (QED) is 0.436. The number of allylic oxidation sites excluding steroid dienone is 4. The van der Waals surface area contributed by atoms with E-state index in [1.807, 2.05) is 40.7 Å². The normalized spacial score (nSPS) is 11.8. The Morgan fingerprint density at radius 1 is 0.708 bits per heavy atom. The average Bonchev–Trinajstić information content (AvgIpc) is 2.67. The molecule has 0 atom stereocenters. The Morgan fingerprint density at radius 3 is 1.17 bits per heavy atom. The summed E-state index contributed by atoms with van der Waals surface area (Å²) in [4.78, 5) is 48.0. The molecule has 0 saturated heterocycles. The average molecular weight is 425 g/mol. The van der Waals surface area contributed by atoms with E-state index in [-0.39, 0.29) is 21.1 Å². The molecule has 0 amide bonds. The molecule has 1 aliphatic carbocycles. The van der Waals surface area contributed by atoms with Gasteiger partial charge in [-0.1, -0.05) is 27.7 Å². The number of carbonyl (C=O) groups excluding carboxylic acids is 6. The minimum atomic E-state index is 0. The minimum absolute atomic E-state index is 0. The monoisotopic (exact) mass is 427 g/mol. The molecule has 0 spiro atoms. The van der Waals surface area contributed by atoms with E-state index >= 15 is 0 Å². The van der Waals surface area contributed by atoms with E-state index in [1.54, 1.807) is 0 Å². The summed E-state index contributed by atoms with van der Waals surface area (Å²) in [5, 5.41) is 0. The summed E-state index contributed by atoms with van der Waals surface area (Å²) in [5.41, 5.74) is 4.63. The van der Waals surface area contributed by atoms with Gasteiger partial charge in [-0.2, -0.15) is 5.57 Å². The first kappa shape index (κ1) is 43.2. The van der Waals surface area contributed by atoms with Crippen molar-refractivity contribution in [3.05, 3.63) is 22.8 Å². The zero-order valence-corrected chi connectivity index (χ0v) is 17.3. The molecule has 0 unspecified atom stereocenters. The molecule has 6 nitrogen and oxygen atoms in total. The molecule has 0 aromatic rings. The standard InChI is InChI=1S/C11H17.6CH2O.Mo/c1-8-6-7-11(4,5)10(3)9(8)2;6*1-2;/h7H2,1-5H3;6*1H2;/q-1;;;;;;;. The van der Waals surface area contributed by atoms with Gasteiger partial charge in [-0.3, -0.25) is 6.08 Å². The molecule has 0 radical (unpaired) electrons. The van der Waals surface area contributed by atoms with Crippen LogP contribution in [0.5, 0.6) is 0 Å². The van der Waals surface area contributed by atoms with Crippen molar-refractivity contribution in [2.45, 2.75) is 41.0 Å². The van der Waals surface area contributed by atoms with Crippen LogP contribution < -0.4 is 0 Å². The Balaban J connectivity index is -0.0000000380. The Hall–Kier alpha value is -1.81. The first-order valence-electron chi connectivity index (χ1n) is 5.94. The van der Waals surface area contributed by atoms with Crippen LogP contribution in [0.1, 0.15) is 41.0 Å². The van der Waals surface area contributed by atoms with Gasteiger partial charge in [0.1, 0.15) is 40.7 Å². The fraction of sp³-hybridized carbons (Fsp3) is 0.412. The Morgan fingerprint density at radius 2 is 0.958 bits per heavy atom. The van der Waals surface area contributed by atoms with Crippen LogP contribution in [0.25, 0.3) is 0 Å². The van der Waals surface area contributed by atoms with Crippen LogP contribution >= 0.6 is 0 Å². The topological polar surface area (TPSA) is 102 Å². The predicted octanol–water partition coefficient (Wildman–Crippen LogP) is 2.39. The summed E-state index contributed by atoms with van der Waals surface area (Å²) >= 11 is 0. The van der Waals surface area contributed by atoms with Gasteiger partial charge in [-0.05, 0) is 5.41 Å². The molecular formula is C17H29MoO6-. The zero-order chi connectivity index (χ0) is 20.6. The molecule has 0 aromatic carbocycles. The fourth-order valence-corrected chi connectivity index (χ4v) is 1.41. The SMILES string of the molecule is C=O.C=O.C=O.C=O.C=O.C=O.CC1=[C-]CC(C)(C)C(C)=C1C.[Mo]. The molecule has 0 heterocycles. The third kappa shape index (κ3) is 22.5. The van der Waals surface area contributed by atoms with Crippen LogP contribution in [-0.4, -0.2) is 40.7 Å². The molecule has 24 heavy (non-hydrogen) atoms. The van der Waals surface area contributed by atoms with E-state index < -0.39 is 0 Å². The maximum absolute atomic E-state index is 8.00. The van der Waals surface area contributed by atoms with Crippen LogP contribution in [0, 0.1) is 11.5 Å². The maximum Gasteiger partial charge on any atom is 0.106 e. The molecule has 1 rings (SSSR count). The second-order valence-corrected chi connectivity index (χ2v) is 4.11. The van der Waals surface area contributed by atoms with Gasteiger partial charge < -0.3 is 28.8 Å². The van der Waals surface area contributed by atoms with Crippen molar-refractivity contribution in [2.75, 3.05) is 0 Å². The van der Waals surface area contributed by atoms with Gasteiger partial charge in [0.25, 0.3) is 0 Å². The van der Waals surface area contributed by atoms with Crippen molar-refractivity contribution in [3.8, 4) is 0 Å². The summed E-state index contributed by atoms with van der Waals surface area (Å²) in [6.45, 7) is 23.1. The maximum atomic E-state index is 8.00. The summed E-state index contributed by atoms with van der Waals surface area (Å²) in [6, 6.07) is 0. The summed E-state index contributed by atoms with van der Waals surface area (Å²) in [6.07, 6.45) is 4.48. The smallest absolute Gasteiger partial charge is 0.106 e. The molecule has 0 fully saturated rings. The van der Waals surface area contributed by atoms with Gasteiger partial charge in [0, 0.05) is 21.1 Å². The first-order chi connectivity index (χ1) is 10.9. The van der Waals surface area contributed by atoms with Crippen molar-refractivity contribution < 1.29 is 49.8 Å². The molecule has 0 aromatic heterocycles. The third-order valence-electron chi connectivity index (χ3n) is 2.94. The molecular weight excluding hydrogens is 396 g/mol. The van der Waals surface area contributed by atoms with Crippen molar-refractivity contribution >= 4 is 40.7 Å². The van der Waals surface area contributed by atoms with E-state index in [2.05, 4.69) is 40.7 Å². The molecule has 0 bridgehead atoms.